The van der Waals surface area contributed by atoms with E-state index in [0.29, 0.717) is 10.8 Å². The van der Waals surface area contributed by atoms with Crippen molar-refractivity contribution < 1.29 is 33.0 Å². The van der Waals surface area contributed by atoms with Crippen molar-refractivity contribution in [2.24, 2.45) is 0 Å². The summed E-state index contributed by atoms with van der Waals surface area (Å²) in [5, 5.41) is 0. The van der Waals surface area contributed by atoms with Crippen LogP contribution in [0.5, 0.6) is 0 Å². The van der Waals surface area contributed by atoms with Crippen LogP contribution in [-0.4, -0.2) is 58.3 Å². The zero-order chi connectivity index (χ0) is 20.3. The maximum atomic E-state index is 13.8. The third-order valence-corrected chi connectivity index (χ3v) is 3.89. The summed E-state index contributed by atoms with van der Waals surface area (Å²) in [5.41, 5.74) is -2.33. The van der Waals surface area contributed by atoms with Crippen molar-refractivity contribution in [3.8, 4) is 0 Å². The number of aromatic nitrogens is 2. The fraction of sp³-hybridized carbons (Fsp3) is 0.533. The van der Waals surface area contributed by atoms with Gasteiger partial charge in [-0.15, -0.1) is 0 Å². The molecular formula is C15H18FN3O8. The Morgan fingerprint density at radius 3 is 2.56 bits per heavy atom. The minimum atomic E-state index is -1.43. The van der Waals surface area contributed by atoms with Crippen LogP contribution in [0, 0.1) is 5.82 Å². The van der Waals surface area contributed by atoms with Gasteiger partial charge in [0, 0.05) is 13.3 Å². The highest BCUT2D eigenvalue weighted by atomic mass is 19.1. The van der Waals surface area contributed by atoms with Crippen molar-refractivity contribution in [3.63, 3.8) is 0 Å². The second kappa shape index (κ2) is 8.01. The van der Waals surface area contributed by atoms with Crippen molar-refractivity contribution in [2.75, 3.05) is 13.7 Å². The lowest BCUT2D eigenvalue weighted by atomic mass is 10.2. The summed E-state index contributed by atoms with van der Waals surface area (Å²) < 4.78 is 29.1. The largest absolute Gasteiger partial charge is 0.467 e. The van der Waals surface area contributed by atoms with E-state index in [2.05, 4.69) is 4.74 Å². The number of amides is 1. The molecular weight excluding hydrogens is 369 g/mol. The van der Waals surface area contributed by atoms with Crippen molar-refractivity contribution in [3.05, 3.63) is 32.9 Å². The molecule has 0 aromatic carbocycles. The van der Waals surface area contributed by atoms with E-state index in [1.54, 1.807) is 4.98 Å². The number of halogens is 1. The lowest BCUT2D eigenvalue weighted by Gasteiger charge is -2.30. The number of hydrogen-bond donors (Lipinski definition) is 1. The number of ether oxygens (including phenoxy) is 3. The third kappa shape index (κ3) is 3.99. The van der Waals surface area contributed by atoms with Crippen LogP contribution in [0.3, 0.4) is 0 Å². The fourth-order valence-electron chi connectivity index (χ4n) is 2.89. The highest BCUT2D eigenvalue weighted by Gasteiger charge is 2.51. The number of carbonyl (C=O) groups is 3. The molecule has 27 heavy (non-hydrogen) atoms. The van der Waals surface area contributed by atoms with Crippen molar-refractivity contribution in [2.45, 2.75) is 38.6 Å². The van der Waals surface area contributed by atoms with Crippen LogP contribution in [0.1, 0.15) is 26.4 Å². The van der Waals surface area contributed by atoms with Gasteiger partial charge in [-0.2, -0.15) is 4.39 Å². The van der Waals surface area contributed by atoms with Crippen molar-refractivity contribution in [1.29, 1.82) is 0 Å². The molecule has 0 spiro atoms. The highest BCUT2D eigenvalue weighted by Crippen LogP contribution is 2.35. The molecule has 1 N–H and O–H groups in total. The Morgan fingerprint density at radius 2 is 2.00 bits per heavy atom. The molecule has 1 fully saturated rings. The quantitative estimate of drug-likeness (QED) is 0.540. The Labute approximate surface area is 151 Å². The number of rotatable bonds is 4. The number of carbonyl (C=O) groups excluding carboxylic acids is 3. The molecule has 0 saturated carbocycles. The van der Waals surface area contributed by atoms with Crippen LogP contribution in [0.15, 0.2) is 15.8 Å². The topological polar surface area (TPSA) is 137 Å². The van der Waals surface area contributed by atoms with Gasteiger partial charge in [-0.05, 0) is 6.92 Å². The number of methoxy groups -OCH3 is 1. The maximum Gasteiger partial charge on any atom is 0.412 e. The molecule has 148 valence electrons. The number of likely N-dealkylation sites (tertiary alicyclic amines) is 1. The molecule has 3 atom stereocenters. The predicted octanol–water partition coefficient (Wildman–Crippen LogP) is -0.490. The molecule has 1 aromatic rings. The van der Waals surface area contributed by atoms with Crippen molar-refractivity contribution >= 4 is 18.0 Å². The standard InChI is InChI=1S/C15H18FN3O8/c1-4-26-15(24)19-9(13(22)25-3)5-10(27-7(2)20)12(19)18-6-8(16)11(21)17-14(18)23/h6,9-10,12H,4-5H2,1-3H3,(H,17,21,23)/t9-,10+,12?/m0/s1. The number of hydrogen-bond acceptors (Lipinski definition) is 8. The van der Waals surface area contributed by atoms with Crippen LogP contribution in [0.4, 0.5) is 9.18 Å². The fourth-order valence-corrected chi connectivity index (χ4v) is 2.89. The molecule has 0 radical (unpaired) electrons. The van der Waals surface area contributed by atoms with Crippen LogP contribution in [0.2, 0.25) is 0 Å². The van der Waals surface area contributed by atoms with Gasteiger partial charge in [-0.25, -0.2) is 14.4 Å². The lowest BCUT2D eigenvalue weighted by molar-refractivity contribution is -0.149. The Kier molecular flexibility index (Phi) is 5.98. The van der Waals surface area contributed by atoms with Gasteiger partial charge < -0.3 is 14.2 Å². The molecule has 1 saturated heterocycles. The van der Waals surface area contributed by atoms with Gasteiger partial charge in [-0.1, -0.05) is 0 Å². The van der Waals surface area contributed by atoms with E-state index in [4.69, 9.17) is 9.47 Å². The van der Waals surface area contributed by atoms with Gasteiger partial charge in [0.2, 0.25) is 5.82 Å². The summed E-state index contributed by atoms with van der Waals surface area (Å²) in [4.78, 5) is 62.0. The van der Waals surface area contributed by atoms with Gasteiger partial charge in [0.25, 0.3) is 5.56 Å². The van der Waals surface area contributed by atoms with Crippen LogP contribution in [0.25, 0.3) is 0 Å². The summed E-state index contributed by atoms with van der Waals surface area (Å²) in [5.74, 6) is -2.90. The van der Waals surface area contributed by atoms with Crippen LogP contribution < -0.4 is 11.2 Å². The Morgan fingerprint density at radius 1 is 1.33 bits per heavy atom. The molecule has 0 aliphatic carbocycles. The van der Waals surface area contributed by atoms with Gasteiger partial charge >= 0.3 is 23.7 Å². The molecule has 1 unspecified atom stereocenters. The van der Waals surface area contributed by atoms with E-state index in [-0.39, 0.29) is 13.0 Å². The first kappa shape index (κ1) is 20.1. The second-order valence-corrected chi connectivity index (χ2v) is 5.59. The van der Waals surface area contributed by atoms with Gasteiger partial charge in [0.15, 0.2) is 6.17 Å². The normalized spacial score (nSPS) is 21.6. The van der Waals surface area contributed by atoms with E-state index in [1.807, 2.05) is 0 Å². The Balaban J connectivity index is 2.63. The number of H-pyrrole nitrogens is 1. The Hall–Kier alpha value is -3.18. The van der Waals surface area contributed by atoms with Crippen LogP contribution >= 0.6 is 0 Å². The summed E-state index contributed by atoms with van der Waals surface area (Å²) >= 11 is 0. The first-order valence-corrected chi connectivity index (χ1v) is 7.92. The lowest BCUT2D eigenvalue weighted by Crippen LogP contribution is -2.48. The summed E-state index contributed by atoms with van der Waals surface area (Å²) in [6.45, 7) is 2.56. The first-order chi connectivity index (χ1) is 12.7. The monoisotopic (exact) mass is 387 g/mol. The molecule has 1 aromatic heterocycles. The molecule has 1 amide bonds. The zero-order valence-electron chi connectivity index (χ0n) is 14.8. The molecule has 1 aliphatic heterocycles. The predicted molar refractivity (Wildman–Crippen MR) is 85.2 cm³/mol. The van der Waals surface area contributed by atoms with E-state index < -0.39 is 53.4 Å². The number of nitrogens with zero attached hydrogens (tertiary/aromatic N) is 2. The summed E-state index contributed by atoms with van der Waals surface area (Å²) in [7, 11) is 1.09. The maximum absolute atomic E-state index is 13.8. The Bertz CT molecular complexity index is 863. The average molecular weight is 387 g/mol. The summed E-state index contributed by atoms with van der Waals surface area (Å²) in [6, 6.07) is -1.26. The zero-order valence-corrected chi connectivity index (χ0v) is 14.8. The van der Waals surface area contributed by atoms with E-state index in [1.165, 1.54) is 6.92 Å². The average Bonchev–Trinajstić information content (AvgIpc) is 2.96. The van der Waals surface area contributed by atoms with Crippen LogP contribution in [-0.2, 0) is 23.8 Å². The van der Waals surface area contributed by atoms with Crippen molar-refractivity contribution in [1.82, 2.24) is 14.5 Å². The van der Waals surface area contributed by atoms with E-state index in [0.717, 1.165) is 18.9 Å². The van der Waals surface area contributed by atoms with E-state index in [9.17, 15) is 28.4 Å². The van der Waals surface area contributed by atoms with Gasteiger partial charge in [0.05, 0.1) is 19.9 Å². The molecule has 0 bridgehead atoms. The SMILES string of the molecule is CCOC(=O)N1C(n2cc(F)c(=O)[nH]c2=O)[C@H](OC(C)=O)C[C@H]1C(=O)OC. The second-order valence-electron chi connectivity index (χ2n) is 5.59. The minimum Gasteiger partial charge on any atom is -0.467 e. The molecule has 12 heteroatoms. The summed E-state index contributed by atoms with van der Waals surface area (Å²) in [6.07, 6.45) is -3.29. The molecule has 11 nitrogen and oxygen atoms in total. The molecule has 2 rings (SSSR count). The number of aromatic amines is 1. The molecule has 1 aliphatic rings. The first-order valence-electron chi connectivity index (χ1n) is 7.92. The van der Waals surface area contributed by atoms with E-state index >= 15 is 0 Å². The number of nitrogens with one attached hydrogen (secondary N) is 1. The smallest absolute Gasteiger partial charge is 0.412 e. The molecule has 2 heterocycles. The van der Waals surface area contributed by atoms with Gasteiger partial charge in [-0.3, -0.25) is 24.0 Å². The number of esters is 2. The highest BCUT2D eigenvalue weighted by molar-refractivity contribution is 5.82. The minimum absolute atomic E-state index is 0.0525. The van der Waals surface area contributed by atoms with Gasteiger partial charge in [0.1, 0.15) is 12.1 Å². The third-order valence-electron chi connectivity index (χ3n) is 3.89.